The molecular formula is C15H19NO3. The lowest BCUT2D eigenvalue weighted by Gasteiger charge is -2.30. The van der Waals surface area contributed by atoms with Gasteiger partial charge >= 0.3 is 5.97 Å². The van der Waals surface area contributed by atoms with Gasteiger partial charge in [-0.25, -0.2) is 0 Å². The summed E-state index contributed by atoms with van der Waals surface area (Å²) in [4.78, 5) is 25.7. The summed E-state index contributed by atoms with van der Waals surface area (Å²) >= 11 is 0. The number of nitrogens with zero attached hydrogens (tertiary/aromatic N) is 1. The maximum absolute atomic E-state index is 11.8. The number of piperidine rings is 1. The van der Waals surface area contributed by atoms with Crippen LogP contribution in [0.5, 0.6) is 0 Å². The maximum atomic E-state index is 11.8. The molecule has 102 valence electrons. The number of ether oxygens (including phenoxy) is 1. The lowest BCUT2D eigenvalue weighted by Crippen LogP contribution is -2.44. The van der Waals surface area contributed by atoms with Crippen molar-refractivity contribution in [1.29, 1.82) is 0 Å². The predicted octanol–water partition coefficient (Wildman–Crippen LogP) is 1.64. The average Bonchev–Trinajstić information content (AvgIpc) is 2.42. The predicted molar refractivity (Wildman–Crippen MR) is 71.5 cm³/mol. The van der Waals surface area contributed by atoms with Gasteiger partial charge in [0.25, 0.3) is 0 Å². The number of carbonyl (C=O) groups is 2. The second kappa shape index (κ2) is 6.48. The van der Waals surface area contributed by atoms with Gasteiger partial charge in [0.05, 0.1) is 6.61 Å². The van der Waals surface area contributed by atoms with Gasteiger partial charge in [-0.2, -0.15) is 0 Å². The van der Waals surface area contributed by atoms with E-state index in [1.54, 1.807) is 6.92 Å². The van der Waals surface area contributed by atoms with Gasteiger partial charge in [0, 0.05) is 26.1 Å². The Morgan fingerprint density at radius 2 is 2.11 bits per heavy atom. The number of hydrogen-bond donors (Lipinski definition) is 0. The Balaban J connectivity index is 1.97. The summed E-state index contributed by atoms with van der Waals surface area (Å²) in [6, 6.07) is 10.1. The molecule has 1 aromatic carbocycles. The molecule has 0 amide bonds. The van der Waals surface area contributed by atoms with Gasteiger partial charge in [-0.1, -0.05) is 30.3 Å². The SMILES string of the molecule is CCOC(=O)[C@H]1CN(Cc2ccccc2)CCC1=O. The number of benzene rings is 1. The van der Waals surface area contributed by atoms with Crippen LogP contribution in [0, 0.1) is 5.92 Å². The van der Waals surface area contributed by atoms with E-state index in [0.717, 1.165) is 6.54 Å². The molecule has 0 unspecified atom stereocenters. The first-order valence-corrected chi connectivity index (χ1v) is 6.66. The molecule has 0 bridgehead atoms. The van der Waals surface area contributed by atoms with E-state index in [4.69, 9.17) is 4.74 Å². The third kappa shape index (κ3) is 3.64. The largest absolute Gasteiger partial charge is 0.465 e. The van der Waals surface area contributed by atoms with Crippen LogP contribution in [0.25, 0.3) is 0 Å². The first-order valence-electron chi connectivity index (χ1n) is 6.66. The summed E-state index contributed by atoms with van der Waals surface area (Å²) < 4.78 is 4.96. The van der Waals surface area contributed by atoms with Crippen LogP contribution < -0.4 is 0 Å². The van der Waals surface area contributed by atoms with Crippen molar-refractivity contribution >= 4 is 11.8 Å². The van der Waals surface area contributed by atoms with Crippen LogP contribution in [-0.4, -0.2) is 36.3 Å². The molecule has 0 aliphatic carbocycles. The Hall–Kier alpha value is -1.68. The zero-order chi connectivity index (χ0) is 13.7. The Kier molecular flexibility index (Phi) is 4.68. The van der Waals surface area contributed by atoms with E-state index in [-0.39, 0.29) is 11.8 Å². The van der Waals surface area contributed by atoms with Crippen molar-refractivity contribution in [2.24, 2.45) is 5.92 Å². The highest BCUT2D eigenvalue weighted by Crippen LogP contribution is 2.17. The smallest absolute Gasteiger partial charge is 0.317 e. The van der Waals surface area contributed by atoms with Gasteiger partial charge < -0.3 is 4.74 Å². The van der Waals surface area contributed by atoms with E-state index in [1.807, 2.05) is 18.2 Å². The molecule has 1 aliphatic rings. The zero-order valence-corrected chi connectivity index (χ0v) is 11.2. The minimum atomic E-state index is -0.614. The third-order valence-corrected chi connectivity index (χ3v) is 3.32. The number of Topliss-reactive ketones (excluding diaryl/α,β-unsaturated/α-hetero) is 1. The summed E-state index contributed by atoms with van der Waals surface area (Å²) in [6.45, 7) is 4.02. The topological polar surface area (TPSA) is 46.6 Å². The van der Waals surface area contributed by atoms with Crippen LogP contribution in [0.1, 0.15) is 18.9 Å². The van der Waals surface area contributed by atoms with Crippen LogP contribution in [0.15, 0.2) is 30.3 Å². The minimum absolute atomic E-state index is 0.00256. The lowest BCUT2D eigenvalue weighted by molar-refractivity contribution is -0.154. The molecule has 1 heterocycles. The van der Waals surface area contributed by atoms with Crippen LogP contribution in [0.3, 0.4) is 0 Å². The first-order chi connectivity index (χ1) is 9.20. The molecule has 1 saturated heterocycles. The summed E-state index contributed by atoms with van der Waals surface area (Å²) in [5.74, 6) is -0.995. The third-order valence-electron chi connectivity index (χ3n) is 3.32. The molecule has 0 saturated carbocycles. The van der Waals surface area contributed by atoms with E-state index >= 15 is 0 Å². The second-order valence-electron chi connectivity index (χ2n) is 4.74. The number of rotatable bonds is 4. The molecule has 1 fully saturated rings. The molecule has 0 aromatic heterocycles. The van der Waals surface area contributed by atoms with E-state index in [9.17, 15) is 9.59 Å². The van der Waals surface area contributed by atoms with Crippen molar-refractivity contribution < 1.29 is 14.3 Å². The highest BCUT2D eigenvalue weighted by atomic mass is 16.5. The fourth-order valence-corrected chi connectivity index (χ4v) is 2.33. The Bertz CT molecular complexity index is 444. The summed E-state index contributed by atoms with van der Waals surface area (Å²) in [7, 11) is 0. The van der Waals surface area contributed by atoms with E-state index in [1.165, 1.54) is 5.56 Å². The molecule has 0 N–H and O–H groups in total. The normalized spacial score (nSPS) is 20.3. The zero-order valence-electron chi connectivity index (χ0n) is 11.2. The molecule has 0 radical (unpaired) electrons. The monoisotopic (exact) mass is 261 g/mol. The summed E-state index contributed by atoms with van der Waals surface area (Å²) in [5, 5.41) is 0. The number of likely N-dealkylation sites (tertiary alicyclic amines) is 1. The van der Waals surface area contributed by atoms with Crippen LogP contribution in [-0.2, 0) is 20.9 Å². The Morgan fingerprint density at radius 3 is 2.79 bits per heavy atom. The van der Waals surface area contributed by atoms with E-state index < -0.39 is 5.92 Å². The fraction of sp³-hybridized carbons (Fsp3) is 0.467. The lowest BCUT2D eigenvalue weighted by atomic mass is 9.96. The first kappa shape index (κ1) is 13.7. The Morgan fingerprint density at radius 1 is 1.37 bits per heavy atom. The van der Waals surface area contributed by atoms with Gasteiger partial charge in [-0.05, 0) is 12.5 Å². The van der Waals surface area contributed by atoms with Gasteiger partial charge in [-0.15, -0.1) is 0 Å². The van der Waals surface area contributed by atoms with E-state index in [2.05, 4.69) is 17.0 Å². The fourth-order valence-electron chi connectivity index (χ4n) is 2.33. The van der Waals surface area contributed by atoms with Crippen molar-refractivity contribution in [2.75, 3.05) is 19.7 Å². The number of hydrogen-bond acceptors (Lipinski definition) is 4. The van der Waals surface area contributed by atoms with Gasteiger partial charge in [-0.3, -0.25) is 14.5 Å². The van der Waals surface area contributed by atoms with Crippen LogP contribution in [0.2, 0.25) is 0 Å². The summed E-state index contributed by atoms with van der Waals surface area (Å²) in [6.07, 6.45) is 0.427. The Labute approximate surface area is 113 Å². The molecule has 0 spiro atoms. The van der Waals surface area contributed by atoms with E-state index in [0.29, 0.717) is 26.1 Å². The van der Waals surface area contributed by atoms with Crippen molar-refractivity contribution in [3.8, 4) is 0 Å². The summed E-state index contributed by atoms with van der Waals surface area (Å²) in [5.41, 5.74) is 1.19. The van der Waals surface area contributed by atoms with Crippen molar-refractivity contribution in [1.82, 2.24) is 4.90 Å². The molecule has 19 heavy (non-hydrogen) atoms. The number of carbonyl (C=O) groups excluding carboxylic acids is 2. The van der Waals surface area contributed by atoms with Crippen LogP contribution >= 0.6 is 0 Å². The molecule has 2 rings (SSSR count). The standard InChI is InChI=1S/C15H19NO3/c1-2-19-15(18)13-11-16(9-8-14(13)17)10-12-6-4-3-5-7-12/h3-7,13H,2,8-11H2,1H3/t13-/m0/s1. The molecule has 1 aliphatic heterocycles. The van der Waals surface area contributed by atoms with Gasteiger partial charge in [0.2, 0.25) is 0 Å². The highest BCUT2D eigenvalue weighted by molar-refractivity contribution is 5.99. The van der Waals surface area contributed by atoms with Crippen molar-refractivity contribution in [3.63, 3.8) is 0 Å². The van der Waals surface area contributed by atoms with Gasteiger partial charge in [0.1, 0.15) is 11.7 Å². The minimum Gasteiger partial charge on any atom is -0.465 e. The highest BCUT2D eigenvalue weighted by Gasteiger charge is 2.33. The molecule has 4 nitrogen and oxygen atoms in total. The molecule has 1 aromatic rings. The number of ketones is 1. The average molecular weight is 261 g/mol. The van der Waals surface area contributed by atoms with Crippen LogP contribution in [0.4, 0.5) is 0 Å². The quantitative estimate of drug-likeness (QED) is 0.610. The van der Waals surface area contributed by atoms with Crippen molar-refractivity contribution in [3.05, 3.63) is 35.9 Å². The molecular weight excluding hydrogens is 242 g/mol. The van der Waals surface area contributed by atoms with Gasteiger partial charge in [0.15, 0.2) is 0 Å². The molecule has 1 atom stereocenters. The number of esters is 1. The molecule has 4 heteroatoms. The van der Waals surface area contributed by atoms with Crippen molar-refractivity contribution in [2.45, 2.75) is 19.9 Å². The maximum Gasteiger partial charge on any atom is 0.317 e. The second-order valence-corrected chi connectivity index (χ2v) is 4.74.